The zero-order valence-electron chi connectivity index (χ0n) is 32.5. The molecule has 2 aromatic carbocycles. The van der Waals surface area contributed by atoms with Crippen LogP contribution in [0, 0.1) is 0 Å². The van der Waals surface area contributed by atoms with Crippen LogP contribution in [0.5, 0.6) is 11.5 Å². The van der Waals surface area contributed by atoms with Gasteiger partial charge in [-0.25, -0.2) is 15.0 Å². The molecule has 2 aliphatic heterocycles. The third-order valence-corrected chi connectivity index (χ3v) is 20.8. The van der Waals surface area contributed by atoms with Crippen molar-refractivity contribution in [3.8, 4) is 11.5 Å². The number of aromatic nitrogens is 4. The molecule has 0 radical (unpaired) electrons. The molecule has 53 heavy (non-hydrogen) atoms. The van der Waals surface area contributed by atoms with Crippen LogP contribution in [0.4, 0.5) is 5.82 Å². The van der Waals surface area contributed by atoms with Gasteiger partial charge in [0, 0.05) is 17.7 Å². The van der Waals surface area contributed by atoms with Crippen LogP contribution in [-0.2, 0) is 24.2 Å². The number of nitrogens with zero attached hydrogens (tertiary/aromatic N) is 4. The average Bonchev–Trinajstić information content (AvgIpc) is 3.71. The summed E-state index contributed by atoms with van der Waals surface area (Å²) in [6.07, 6.45) is 1.33. The second kappa shape index (κ2) is 15.9. The van der Waals surface area contributed by atoms with Gasteiger partial charge >= 0.3 is 17.1 Å². The van der Waals surface area contributed by atoms with Gasteiger partial charge in [0.15, 0.2) is 23.2 Å². The maximum absolute atomic E-state index is 14.1. The number of methoxy groups -OCH3 is 2. The molecule has 286 valence electrons. The molecule has 4 heterocycles. The molecule has 6 rings (SSSR count). The zero-order chi connectivity index (χ0) is 38.1. The molecule has 0 saturated carbocycles. The first-order valence-corrected chi connectivity index (χ1v) is 22.4. The Kier molecular flexibility index (Phi) is 11.6. The number of hydrogen-bond acceptors (Lipinski definition) is 11. The topological polar surface area (TPSA) is 140 Å². The van der Waals surface area contributed by atoms with Gasteiger partial charge in [-0.3, -0.25) is 9.36 Å². The molecule has 0 aliphatic carbocycles. The van der Waals surface area contributed by atoms with Crippen molar-refractivity contribution in [2.75, 3.05) is 26.1 Å². The average molecular weight is 763 g/mol. The predicted octanol–water partition coefficient (Wildman–Crippen LogP) is 7.11. The summed E-state index contributed by atoms with van der Waals surface area (Å²) in [4.78, 5) is 28.1. The summed E-state index contributed by atoms with van der Waals surface area (Å²) in [7, 11) is -2.68. The molecule has 15 heteroatoms. The van der Waals surface area contributed by atoms with E-state index in [4.69, 9.17) is 32.2 Å². The first-order chi connectivity index (χ1) is 25.3. The molecular formula is C38H54N6O7Si2. The van der Waals surface area contributed by atoms with Gasteiger partial charge in [-0.1, -0.05) is 79.7 Å². The van der Waals surface area contributed by atoms with Crippen molar-refractivity contribution in [1.82, 2.24) is 24.8 Å². The predicted molar refractivity (Wildman–Crippen MR) is 208 cm³/mol. The van der Waals surface area contributed by atoms with Crippen molar-refractivity contribution in [2.45, 2.75) is 109 Å². The summed E-state index contributed by atoms with van der Waals surface area (Å²) < 4.78 is 41.8. The summed E-state index contributed by atoms with van der Waals surface area (Å²) in [5, 5.41) is 6.72. The van der Waals surface area contributed by atoms with E-state index in [1.165, 1.54) is 6.33 Å². The van der Waals surface area contributed by atoms with Crippen LogP contribution in [-0.4, -0.2) is 81.6 Å². The smallest absolute Gasteiger partial charge is 0.335 e. The van der Waals surface area contributed by atoms with Gasteiger partial charge in [-0.05, 0) is 46.4 Å². The van der Waals surface area contributed by atoms with Crippen LogP contribution in [0.25, 0.3) is 11.2 Å². The van der Waals surface area contributed by atoms with Crippen molar-refractivity contribution >= 4 is 40.0 Å². The number of benzene rings is 2. The van der Waals surface area contributed by atoms with E-state index in [1.54, 1.807) is 38.7 Å². The van der Waals surface area contributed by atoms with Crippen LogP contribution < -0.4 is 20.1 Å². The van der Waals surface area contributed by atoms with E-state index < -0.39 is 41.6 Å². The highest BCUT2D eigenvalue weighted by atomic mass is 28.5. The summed E-state index contributed by atoms with van der Waals surface area (Å²) >= 11 is 0. The van der Waals surface area contributed by atoms with Gasteiger partial charge in [0.2, 0.25) is 0 Å². The molecule has 13 nitrogen and oxygen atoms in total. The van der Waals surface area contributed by atoms with Crippen molar-refractivity contribution in [3.05, 3.63) is 72.3 Å². The van der Waals surface area contributed by atoms with E-state index >= 15 is 0 Å². The highest BCUT2D eigenvalue weighted by Gasteiger charge is 2.62. The van der Waals surface area contributed by atoms with E-state index in [9.17, 15) is 4.79 Å². The monoisotopic (exact) mass is 762 g/mol. The highest BCUT2D eigenvalue weighted by molar-refractivity contribution is 6.84. The van der Waals surface area contributed by atoms with E-state index in [0.717, 1.165) is 11.3 Å². The molecule has 1 amide bonds. The van der Waals surface area contributed by atoms with Crippen LogP contribution in [0.15, 0.2) is 61.2 Å². The summed E-state index contributed by atoms with van der Waals surface area (Å²) in [6.45, 7) is 18.2. The Bertz CT molecular complexity index is 1870. The minimum atomic E-state index is -3.07. The van der Waals surface area contributed by atoms with Crippen molar-refractivity contribution in [1.29, 1.82) is 0 Å². The molecule has 4 atom stereocenters. The summed E-state index contributed by atoms with van der Waals surface area (Å²) in [5.74, 6) is 1.63. The van der Waals surface area contributed by atoms with Crippen LogP contribution in [0.1, 0.15) is 77.5 Å². The molecule has 4 aromatic rings. The molecule has 2 aliphatic rings. The second-order valence-electron chi connectivity index (χ2n) is 15.1. The van der Waals surface area contributed by atoms with Gasteiger partial charge in [0.25, 0.3) is 5.91 Å². The number of fused-ring (bicyclic) bond motifs is 2. The maximum Gasteiger partial charge on any atom is 0.335 e. The lowest BCUT2D eigenvalue weighted by Crippen LogP contribution is -2.66. The second-order valence-corrected chi connectivity index (χ2v) is 23.9. The number of amides is 1. The number of rotatable bonds is 12. The Morgan fingerprint density at radius 2 is 1.62 bits per heavy atom. The SMILES string of the molecule is COc1cccc(C(=O)N[C@@H]2[C@@H]3O[Si](C(C)C)(C(C)C)O[Si](C(C)C)(C(C)C)OC[C@H]3O[C@H]2n2cnc3c(NCc4ccccc4OC)ncnc32)c1. The van der Waals surface area contributed by atoms with Gasteiger partial charge in [0.05, 0.1) is 27.2 Å². The lowest BCUT2D eigenvalue weighted by Gasteiger charge is -2.51. The standard InChI is InChI=1S/C38H54N6O7Si2/c1-23(2)52(24(3)4)48-20-31-34(50-53(51-52,25(5)6)26(7)8)32(43-37(45)27-15-13-16-29(18-27)46-9)38(49-31)44-22-42-33-35(40-21-41-36(33)44)39-19-28-14-11-12-17-30(28)47-10/h11-18,21-26,31-32,34,38H,19-20H2,1-10H3,(H,43,45)(H,39,40,41)/t31-,32-,34-,38-/m1/s1. The number of imidazole rings is 1. The maximum atomic E-state index is 14.1. The Hall–Kier alpha value is -3.87. The summed E-state index contributed by atoms with van der Waals surface area (Å²) in [6, 6.07) is 14.2. The van der Waals surface area contributed by atoms with E-state index in [-0.39, 0.29) is 34.7 Å². The first-order valence-electron chi connectivity index (χ1n) is 18.5. The number of ether oxygens (including phenoxy) is 3. The zero-order valence-corrected chi connectivity index (χ0v) is 34.5. The number of anilines is 1. The van der Waals surface area contributed by atoms with Crippen LogP contribution >= 0.6 is 0 Å². The third kappa shape index (κ3) is 7.34. The molecule has 0 bridgehead atoms. The van der Waals surface area contributed by atoms with Crippen molar-refractivity contribution in [2.24, 2.45) is 0 Å². The molecule has 0 unspecified atom stereocenters. The van der Waals surface area contributed by atoms with Gasteiger partial charge in [0.1, 0.15) is 36.1 Å². The fraction of sp³-hybridized carbons (Fsp3) is 0.526. The van der Waals surface area contributed by atoms with E-state index in [2.05, 4.69) is 76.0 Å². The molecule has 2 N–H and O–H groups in total. The van der Waals surface area contributed by atoms with E-state index in [0.29, 0.717) is 34.8 Å². The normalized spacial score (nSPS) is 22.5. The van der Waals surface area contributed by atoms with Gasteiger partial charge in [-0.15, -0.1) is 0 Å². The Morgan fingerprint density at radius 3 is 2.30 bits per heavy atom. The van der Waals surface area contributed by atoms with Gasteiger partial charge < -0.3 is 37.8 Å². The Labute approximate surface area is 314 Å². The van der Waals surface area contributed by atoms with Crippen LogP contribution in [0.3, 0.4) is 0 Å². The first kappa shape index (κ1) is 38.8. The lowest BCUT2D eigenvalue weighted by atomic mass is 10.1. The molecular weight excluding hydrogens is 709 g/mol. The molecule has 2 saturated heterocycles. The molecule has 2 aromatic heterocycles. The largest absolute Gasteiger partial charge is 0.497 e. The van der Waals surface area contributed by atoms with E-state index in [1.807, 2.05) is 34.9 Å². The fourth-order valence-corrected chi connectivity index (χ4v) is 19.0. The Morgan fingerprint density at radius 1 is 0.906 bits per heavy atom. The summed E-state index contributed by atoms with van der Waals surface area (Å²) in [5.41, 5.74) is 3.04. The van der Waals surface area contributed by atoms with Crippen LogP contribution in [0.2, 0.25) is 22.2 Å². The van der Waals surface area contributed by atoms with Gasteiger partial charge in [-0.2, -0.15) is 0 Å². The fourth-order valence-electron chi connectivity index (χ4n) is 7.74. The van der Waals surface area contributed by atoms with Crippen molar-refractivity contribution in [3.63, 3.8) is 0 Å². The third-order valence-electron chi connectivity index (χ3n) is 10.6. The van der Waals surface area contributed by atoms with Crippen molar-refractivity contribution < 1.29 is 32.0 Å². The number of carbonyl (C=O) groups excluding carboxylic acids is 1. The number of nitrogens with one attached hydrogen (secondary N) is 2. The number of carbonyl (C=O) groups is 1. The highest BCUT2D eigenvalue weighted by Crippen LogP contribution is 2.48. The minimum absolute atomic E-state index is 0.0849. The Balaban J connectivity index is 1.43. The lowest BCUT2D eigenvalue weighted by molar-refractivity contribution is -0.0547. The minimum Gasteiger partial charge on any atom is -0.497 e. The number of para-hydroxylation sites is 1. The quantitative estimate of drug-likeness (QED) is 0.143. The molecule has 2 fully saturated rings. The molecule has 0 spiro atoms. The number of hydrogen-bond donors (Lipinski definition) is 2.